The lowest BCUT2D eigenvalue weighted by Crippen LogP contribution is -2.52. The van der Waals surface area contributed by atoms with Crippen LogP contribution >= 0.6 is 22.9 Å². The molecule has 13 heteroatoms. The molecule has 3 fully saturated rings. The number of nitrogen functional groups attached to an aromatic ring is 1. The van der Waals surface area contributed by atoms with Gasteiger partial charge in [0.15, 0.2) is 10.9 Å². The van der Waals surface area contributed by atoms with Gasteiger partial charge in [-0.25, -0.2) is 14.2 Å². The minimum atomic E-state index is -0.402. The zero-order valence-electron chi connectivity index (χ0n) is 22.9. The molecule has 8 rings (SSSR count). The van der Waals surface area contributed by atoms with Gasteiger partial charge in [-0.1, -0.05) is 22.9 Å². The van der Waals surface area contributed by atoms with Crippen molar-refractivity contribution >= 4 is 55.0 Å². The van der Waals surface area contributed by atoms with E-state index in [-0.39, 0.29) is 29.6 Å². The van der Waals surface area contributed by atoms with Crippen LogP contribution in [-0.2, 0) is 4.74 Å². The van der Waals surface area contributed by atoms with Crippen LogP contribution in [0.4, 0.5) is 15.3 Å². The number of ether oxygens (including phenoxy) is 2. The zero-order valence-corrected chi connectivity index (χ0v) is 24.4. The second kappa shape index (κ2) is 10.3. The number of piperidine rings is 1. The van der Waals surface area contributed by atoms with Gasteiger partial charge in [0.05, 0.1) is 39.5 Å². The lowest BCUT2D eigenvalue weighted by Gasteiger charge is -2.36. The van der Waals surface area contributed by atoms with Gasteiger partial charge >= 0.3 is 5.69 Å². The average molecular weight is 612 g/mol. The molecule has 0 spiro atoms. The number of anilines is 2. The fraction of sp³-hybridized carbons (Fsp3) is 0.483. The number of aromatic nitrogens is 3. The van der Waals surface area contributed by atoms with Gasteiger partial charge in [0.25, 0.3) is 0 Å². The van der Waals surface area contributed by atoms with Crippen molar-refractivity contribution in [3.05, 3.63) is 39.5 Å². The van der Waals surface area contributed by atoms with Gasteiger partial charge in [-0.05, 0) is 50.4 Å². The van der Waals surface area contributed by atoms with Crippen LogP contribution in [0.5, 0.6) is 5.75 Å². The largest absolute Gasteiger partial charge is 0.488 e. The molecule has 2 bridgehead atoms. The average Bonchev–Trinajstić information content (AvgIpc) is 3.56. The Balaban J connectivity index is 1.32. The molecule has 6 heterocycles. The Kier molecular flexibility index (Phi) is 6.52. The van der Waals surface area contributed by atoms with Gasteiger partial charge in [0.1, 0.15) is 18.2 Å². The first-order chi connectivity index (χ1) is 20.4. The molecule has 10 nitrogen and oxygen atoms in total. The minimum absolute atomic E-state index is 0.0818. The van der Waals surface area contributed by atoms with Crippen molar-refractivity contribution in [2.45, 2.75) is 49.9 Å². The number of benzene rings is 2. The van der Waals surface area contributed by atoms with Crippen molar-refractivity contribution in [2.24, 2.45) is 0 Å². The van der Waals surface area contributed by atoms with Crippen LogP contribution in [0, 0.1) is 5.82 Å². The molecule has 220 valence electrons. The molecular formula is C29H31ClFN7O3S. The maximum atomic E-state index is 14.7. The number of hydrogen-bond donors (Lipinski definition) is 3. The minimum Gasteiger partial charge on any atom is -0.488 e. The van der Waals surface area contributed by atoms with E-state index in [1.54, 1.807) is 10.6 Å². The number of nitrogens with one attached hydrogen (secondary N) is 2. The predicted molar refractivity (Wildman–Crippen MR) is 163 cm³/mol. The van der Waals surface area contributed by atoms with Crippen LogP contribution in [0.1, 0.15) is 31.7 Å². The predicted octanol–water partition coefficient (Wildman–Crippen LogP) is 3.69. The van der Waals surface area contributed by atoms with E-state index in [4.69, 9.17) is 26.8 Å². The fourth-order valence-corrected chi connectivity index (χ4v) is 8.11. The highest BCUT2D eigenvalue weighted by atomic mass is 35.5. The van der Waals surface area contributed by atoms with Crippen LogP contribution in [0.3, 0.4) is 0 Å². The highest BCUT2D eigenvalue weighted by Crippen LogP contribution is 2.49. The molecule has 4 aliphatic heterocycles. The Bertz CT molecular complexity index is 1760. The lowest BCUT2D eigenvalue weighted by atomic mass is 9.99. The van der Waals surface area contributed by atoms with Crippen LogP contribution in [0.2, 0.25) is 5.02 Å². The van der Waals surface area contributed by atoms with Crippen molar-refractivity contribution in [3.8, 4) is 16.9 Å². The summed E-state index contributed by atoms with van der Waals surface area (Å²) in [7, 11) is 0. The van der Waals surface area contributed by atoms with Crippen LogP contribution in [0.15, 0.2) is 23.0 Å². The number of piperazine rings is 1. The van der Waals surface area contributed by atoms with E-state index >= 15 is 0 Å². The Morgan fingerprint density at radius 2 is 2.05 bits per heavy atom. The smallest absolute Gasteiger partial charge is 0.350 e. The third kappa shape index (κ3) is 4.34. The van der Waals surface area contributed by atoms with E-state index in [2.05, 4.69) is 25.5 Å². The summed E-state index contributed by atoms with van der Waals surface area (Å²) in [6.45, 7) is 3.82. The summed E-state index contributed by atoms with van der Waals surface area (Å²) in [5.74, 6) is 0.676. The van der Waals surface area contributed by atoms with Gasteiger partial charge in [0, 0.05) is 48.2 Å². The second-order valence-electron chi connectivity index (χ2n) is 11.7. The molecule has 42 heavy (non-hydrogen) atoms. The Hall–Kier alpha value is -3.03. The monoisotopic (exact) mass is 611 g/mol. The molecule has 0 saturated carbocycles. The van der Waals surface area contributed by atoms with Crippen LogP contribution in [0.25, 0.3) is 32.2 Å². The lowest BCUT2D eigenvalue weighted by molar-refractivity contribution is 0.00717. The SMILES string of the molecule is Nc1nc2c(-c3c(Cl)cc4c(N5CC6CCC(C5)N6)nc(=O)n5c4c3OC[C@@H]5COC3CCCNC3)ccc(F)c2s1. The number of thiazole rings is 1. The highest BCUT2D eigenvalue weighted by Gasteiger charge is 2.37. The van der Waals surface area contributed by atoms with E-state index in [9.17, 15) is 9.18 Å². The summed E-state index contributed by atoms with van der Waals surface area (Å²) in [5.41, 5.74) is 7.84. The van der Waals surface area contributed by atoms with Gasteiger partial charge in [-0.15, -0.1) is 0 Å². The van der Waals surface area contributed by atoms with Gasteiger partial charge in [-0.3, -0.25) is 4.57 Å². The van der Waals surface area contributed by atoms with Crippen molar-refractivity contribution in [3.63, 3.8) is 0 Å². The summed E-state index contributed by atoms with van der Waals surface area (Å²) in [6, 6.07) is 5.24. The van der Waals surface area contributed by atoms with Crippen molar-refractivity contribution in [1.82, 2.24) is 25.2 Å². The normalized spacial score (nSPS) is 25.3. The standard InChI is InChI=1S/C29H31ClFN7O3S/c30-20-8-19-24-25(22(20)18-5-6-21(31)26-23(18)35-28(32)42-26)41-13-16(12-40-17-2-1-7-33-9-17)38(24)29(39)36-27(19)37-10-14-3-4-15(11-37)34-14/h5-6,8,14-17,33-34H,1-4,7,9-13H2,(H2,32,35)/t14?,15?,16-,17?/m0/s1. The van der Waals surface area contributed by atoms with Gasteiger partial charge in [0.2, 0.25) is 0 Å². The van der Waals surface area contributed by atoms with Crippen LogP contribution < -0.4 is 31.7 Å². The molecule has 4 N–H and O–H groups in total. The topological polar surface area (TPSA) is 120 Å². The first-order valence-corrected chi connectivity index (χ1v) is 15.7. The van der Waals surface area contributed by atoms with E-state index < -0.39 is 5.82 Å². The van der Waals surface area contributed by atoms with Crippen molar-refractivity contribution < 1.29 is 13.9 Å². The van der Waals surface area contributed by atoms with E-state index in [1.807, 2.05) is 6.07 Å². The van der Waals surface area contributed by atoms with Gasteiger partial charge < -0.3 is 30.7 Å². The molecule has 0 aliphatic carbocycles. The number of nitrogens with zero attached hydrogens (tertiary/aromatic N) is 4. The first kappa shape index (κ1) is 26.6. The Labute approximate surface area is 250 Å². The molecule has 0 radical (unpaired) electrons. The molecule has 3 unspecified atom stereocenters. The van der Waals surface area contributed by atoms with Crippen LogP contribution in [-0.4, -0.2) is 72.1 Å². The maximum absolute atomic E-state index is 14.7. The molecule has 3 saturated heterocycles. The third-order valence-corrected chi connectivity index (χ3v) is 10.1. The summed E-state index contributed by atoms with van der Waals surface area (Å²) >= 11 is 8.14. The maximum Gasteiger partial charge on any atom is 0.350 e. The molecule has 4 atom stereocenters. The quantitative estimate of drug-likeness (QED) is 0.310. The van der Waals surface area contributed by atoms with Gasteiger partial charge in [-0.2, -0.15) is 4.98 Å². The molecule has 4 aliphatic rings. The fourth-order valence-electron chi connectivity index (χ4n) is 7.05. The number of nitrogens with two attached hydrogens (primary N) is 1. The Morgan fingerprint density at radius 1 is 1.21 bits per heavy atom. The summed E-state index contributed by atoms with van der Waals surface area (Å²) < 4.78 is 29.6. The number of fused-ring (bicyclic) bond motifs is 3. The third-order valence-electron chi connectivity index (χ3n) is 8.96. The second-order valence-corrected chi connectivity index (χ2v) is 13.1. The number of halogens is 2. The zero-order chi connectivity index (χ0) is 28.5. The molecular weight excluding hydrogens is 581 g/mol. The Morgan fingerprint density at radius 3 is 2.83 bits per heavy atom. The summed E-state index contributed by atoms with van der Waals surface area (Å²) in [4.78, 5) is 25.2. The van der Waals surface area contributed by atoms with E-state index in [0.717, 1.165) is 68.6 Å². The first-order valence-electron chi connectivity index (χ1n) is 14.5. The van der Waals surface area contributed by atoms with Crippen molar-refractivity contribution in [1.29, 1.82) is 0 Å². The molecule has 2 aromatic heterocycles. The molecule has 2 aromatic carbocycles. The number of hydrogen-bond acceptors (Lipinski definition) is 10. The number of rotatable bonds is 5. The van der Waals surface area contributed by atoms with E-state index in [0.29, 0.717) is 62.1 Å². The highest BCUT2D eigenvalue weighted by molar-refractivity contribution is 7.22. The summed E-state index contributed by atoms with van der Waals surface area (Å²) in [5, 5.41) is 8.44. The summed E-state index contributed by atoms with van der Waals surface area (Å²) in [6.07, 6.45) is 4.31. The van der Waals surface area contributed by atoms with E-state index in [1.165, 1.54) is 6.07 Å². The van der Waals surface area contributed by atoms with Crippen molar-refractivity contribution in [2.75, 3.05) is 50.0 Å². The molecule has 4 aromatic rings. The molecule has 0 amide bonds.